The maximum absolute atomic E-state index is 11.5. The molecule has 0 radical (unpaired) electrons. The molecule has 124 valence electrons. The van der Waals surface area contributed by atoms with Gasteiger partial charge in [-0.2, -0.15) is 0 Å². The van der Waals surface area contributed by atoms with Gasteiger partial charge in [-0.3, -0.25) is 4.90 Å². The van der Waals surface area contributed by atoms with Crippen LogP contribution >= 0.6 is 0 Å². The standard InChI is InChI=1S/C16H32N2O2S/c1-3-7-15-13-18(10-11-21(2,19)20)16(12-17-15)14-8-5-4-6-9-14/h14-17H,3-13H2,1-2H3. The van der Waals surface area contributed by atoms with E-state index < -0.39 is 9.84 Å². The number of nitrogens with zero attached hydrogens (tertiary/aromatic N) is 1. The fourth-order valence-electron chi connectivity index (χ4n) is 3.97. The van der Waals surface area contributed by atoms with Crippen molar-refractivity contribution in [3.8, 4) is 0 Å². The van der Waals surface area contributed by atoms with Gasteiger partial charge in [0.15, 0.2) is 0 Å². The predicted octanol–water partition coefficient (Wildman–Crippen LogP) is 2.05. The van der Waals surface area contributed by atoms with E-state index in [1.54, 1.807) is 0 Å². The van der Waals surface area contributed by atoms with Crippen molar-refractivity contribution in [1.29, 1.82) is 0 Å². The van der Waals surface area contributed by atoms with Crippen molar-refractivity contribution < 1.29 is 8.42 Å². The van der Waals surface area contributed by atoms with Crippen LogP contribution in [0.15, 0.2) is 0 Å². The Hall–Kier alpha value is -0.130. The van der Waals surface area contributed by atoms with Crippen LogP contribution in [0.4, 0.5) is 0 Å². The highest BCUT2D eigenvalue weighted by Gasteiger charge is 2.33. The smallest absolute Gasteiger partial charge is 0.148 e. The lowest BCUT2D eigenvalue weighted by atomic mass is 9.82. The second-order valence-corrected chi connectivity index (χ2v) is 9.24. The summed E-state index contributed by atoms with van der Waals surface area (Å²) in [6.45, 7) is 4.99. The van der Waals surface area contributed by atoms with E-state index >= 15 is 0 Å². The van der Waals surface area contributed by atoms with Crippen molar-refractivity contribution in [2.24, 2.45) is 5.92 Å². The van der Waals surface area contributed by atoms with E-state index in [1.807, 2.05) is 0 Å². The molecule has 0 bridgehead atoms. The van der Waals surface area contributed by atoms with Crippen LogP contribution in [0.2, 0.25) is 0 Å². The number of hydrogen-bond donors (Lipinski definition) is 1. The van der Waals surface area contributed by atoms with Gasteiger partial charge in [0.05, 0.1) is 5.75 Å². The normalized spacial score (nSPS) is 29.6. The molecule has 1 N–H and O–H groups in total. The zero-order chi connectivity index (χ0) is 15.3. The molecular formula is C16H32N2O2S. The topological polar surface area (TPSA) is 49.4 Å². The van der Waals surface area contributed by atoms with E-state index in [2.05, 4.69) is 17.1 Å². The molecule has 2 unspecified atom stereocenters. The van der Waals surface area contributed by atoms with Crippen LogP contribution in [0.1, 0.15) is 51.9 Å². The second-order valence-electron chi connectivity index (χ2n) is 6.98. The average Bonchev–Trinajstić information content (AvgIpc) is 2.46. The van der Waals surface area contributed by atoms with Gasteiger partial charge in [0.25, 0.3) is 0 Å². The molecule has 0 amide bonds. The highest BCUT2D eigenvalue weighted by Crippen LogP contribution is 2.30. The maximum Gasteiger partial charge on any atom is 0.148 e. The number of rotatable bonds is 6. The molecule has 0 aromatic heterocycles. The summed E-state index contributed by atoms with van der Waals surface area (Å²) < 4.78 is 23.0. The third-order valence-electron chi connectivity index (χ3n) is 5.12. The predicted molar refractivity (Wildman–Crippen MR) is 88.3 cm³/mol. The Morgan fingerprint density at radius 3 is 2.52 bits per heavy atom. The van der Waals surface area contributed by atoms with Crippen LogP contribution in [0.5, 0.6) is 0 Å². The number of sulfone groups is 1. The minimum absolute atomic E-state index is 0.301. The van der Waals surface area contributed by atoms with Gasteiger partial charge < -0.3 is 5.32 Å². The summed E-state index contributed by atoms with van der Waals surface area (Å²) in [5, 5.41) is 3.70. The highest BCUT2D eigenvalue weighted by atomic mass is 32.2. The molecule has 0 aromatic rings. The average molecular weight is 317 g/mol. The Balaban J connectivity index is 1.98. The lowest BCUT2D eigenvalue weighted by Gasteiger charge is -2.45. The Bertz CT molecular complexity index is 405. The third kappa shape index (κ3) is 5.53. The molecule has 2 rings (SSSR count). The van der Waals surface area contributed by atoms with Crippen molar-refractivity contribution in [3.05, 3.63) is 0 Å². The van der Waals surface area contributed by atoms with Crippen molar-refractivity contribution in [2.45, 2.75) is 64.0 Å². The van der Waals surface area contributed by atoms with Crippen LogP contribution < -0.4 is 5.32 Å². The first-order valence-electron chi connectivity index (χ1n) is 8.64. The van der Waals surface area contributed by atoms with Gasteiger partial charge >= 0.3 is 0 Å². The fraction of sp³-hybridized carbons (Fsp3) is 1.00. The van der Waals surface area contributed by atoms with Crippen molar-refractivity contribution in [2.75, 3.05) is 31.6 Å². The summed E-state index contributed by atoms with van der Waals surface area (Å²) >= 11 is 0. The summed E-state index contributed by atoms with van der Waals surface area (Å²) in [4.78, 5) is 2.48. The summed E-state index contributed by atoms with van der Waals surface area (Å²) in [5.41, 5.74) is 0. The highest BCUT2D eigenvalue weighted by molar-refractivity contribution is 7.90. The molecule has 2 atom stereocenters. The Labute approximate surface area is 130 Å². The van der Waals surface area contributed by atoms with Gasteiger partial charge in [-0.1, -0.05) is 32.6 Å². The molecule has 4 nitrogen and oxygen atoms in total. The van der Waals surface area contributed by atoms with Crippen molar-refractivity contribution in [1.82, 2.24) is 10.2 Å². The van der Waals surface area contributed by atoms with Crippen molar-refractivity contribution >= 4 is 9.84 Å². The molecule has 2 fully saturated rings. The molecule has 5 heteroatoms. The van der Waals surface area contributed by atoms with Crippen LogP contribution in [0, 0.1) is 5.92 Å². The van der Waals surface area contributed by atoms with Gasteiger partial charge in [0.1, 0.15) is 9.84 Å². The summed E-state index contributed by atoms with van der Waals surface area (Å²) in [5.74, 6) is 1.06. The molecule has 1 aliphatic heterocycles. The van der Waals surface area contributed by atoms with Crippen LogP contribution in [0.25, 0.3) is 0 Å². The largest absolute Gasteiger partial charge is 0.311 e. The molecule has 0 spiro atoms. The van der Waals surface area contributed by atoms with Gasteiger partial charge in [0, 0.05) is 38.0 Å². The monoisotopic (exact) mass is 316 g/mol. The molecule has 2 aliphatic rings. The van der Waals surface area contributed by atoms with E-state index in [4.69, 9.17) is 0 Å². The quantitative estimate of drug-likeness (QED) is 0.815. The second kappa shape index (κ2) is 7.93. The summed E-state index contributed by atoms with van der Waals surface area (Å²) in [6.07, 6.45) is 10.4. The zero-order valence-electron chi connectivity index (χ0n) is 13.7. The number of hydrogen-bond acceptors (Lipinski definition) is 4. The molecule has 1 aliphatic carbocycles. The van der Waals surface area contributed by atoms with E-state index in [1.165, 1.54) is 51.2 Å². The minimum Gasteiger partial charge on any atom is -0.311 e. The molecule has 1 saturated heterocycles. The molecule has 0 aromatic carbocycles. The summed E-state index contributed by atoms with van der Waals surface area (Å²) in [6, 6.07) is 1.08. The molecular weight excluding hydrogens is 284 g/mol. The Kier molecular flexibility index (Phi) is 6.51. The zero-order valence-corrected chi connectivity index (χ0v) is 14.5. The third-order valence-corrected chi connectivity index (χ3v) is 6.04. The van der Waals surface area contributed by atoms with Gasteiger partial charge in [0.2, 0.25) is 0 Å². The summed E-state index contributed by atoms with van der Waals surface area (Å²) in [7, 11) is -2.87. The van der Waals surface area contributed by atoms with E-state index in [9.17, 15) is 8.42 Å². The van der Waals surface area contributed by atoms with Crippen LogP contribution in [-0.2, 0) is 9.84 Å². The first-order valence-corrected chi connectivity index (χ1v) is 10.7. The van der Waals surface area contributed by atoms with Gasteiger partial charge in [-0.25, -0.2) is 8.42 Å². The molecule has 21 heavy (non-hydrogen) atoms. The van der Waals surface area contributed by atoms with E-state index in [0.717, 1.165) is 19.0 Å². The van der Waals surface area contributed by atoms with E-state index in [0.29, 0.717) is 24.4 Å². The Morgan fingerprint density at radius 1 is 1.19 bits per heavy atom. The first-order chi connectivity index (χ1) is 9.99. The minimum atomic E-state index is -2.87. The first kappa shape index (κ1) is 17.2. The molecule has 1 saturated carbocycles. The number of nitrogens with one attached hydrogen (secondary N) is 1. The van der Waals surface area contributed by atoms with Gasteiger partial charge in [-0.05, 0) is 25.2 Å². The van der Waals surface area contributed by atoms with Crippen LogP contribution in [-0.4, -0.2) is 57.0 Å². The van der Waals surface area contributed by atoms with Crippen LogP contribution in [0.3, 0.4) is 0 Å². The fourth-order valence-corrected chi connectivity index (χ4v) is 4.53. The number of piperazine rings is 1. The lowest BCUT2D eigenvalue weighted by Crippen LogP contribution is -2.59. The SMILES string of the molecule is CCCC1CN(CCS(C)(=O)=O)C(C2CCCCC2)CN1. The Morgan fingerprint density at radius 2 is 1.90 bits per heavy atom. The van der Waals surface area contributed by atoms with Gasteiger partial charge in [-0.15, -0.1) is 0 Å². The molecule has 1 heterocycles. The maximum atomic E-state index is 11.5. The van der Waals surface area contributed by atoms with Crippen molar-refractivity contribution in [3.63, 3.8) is 0 Å². The lowest BCUT2D eigenvalue weighted by molar-refractivity contribution is 0.0752. The van der Waals surface area contributed by atoms with E-state index in [-0.39, 0.29) is 0 Å².